The zero-order valence-corrected chi connectivity index (χ0v) is 15.6. The molecule has 122 valence electrons. The normalized spacial score (nSPS) is 23.5. The lowest BCUT2D eigenvalue weighted by Gasteiger charge is -2.30. The first-order chi connectivity index (χ1) is 11.7. The molecule has 0 amide bonds. The number of hydrogen-bond donors (Lipinski definition) is 0. The minimum absolute atomic E-state index is 0.0103. The van der Waals surface area contributed by atoms with Crippen LogP contribution in [0.4, 0.5) is 5.69 Å². The highest BCUT2D eigenvalue weighted by Gasteiger charge is 2.47. The third-order valence-electron chi connectivity index (χ3n) is 4.03. The number of nitriles is 1. The van der Waals surface area contributed by atoms with Crippen LogP contribution in [0.15, 0.2) is 60.7 Å². The highest BCUT2D eigenvalue weighted by atomic mass is 35.5. The van der Waals surface area contributed by atoms with Gasteiger partial charge in [-0.2, -0.15) is 5.26 Å². The third-order valence-corrected chi connectivity index (χ3v) is 7.24. The van der Waals surface area contributed by atoms with Gasteiger partial charge in [0.15, 0.2) is 4.08 Å². The second-order valence-corrected chi connectivity index (χ2v) is 8.36. The number of rotatable bonds is 4. The second kappa shape index (κ2) is 7.57. The molecule has 0 spiro atoms. The van der Waals surface area contributed by atoms with E-state index in [-0.39, 0.29) is 6.04 Å². The fourth-order valence-electron chi connectivity index (χ4n) is 2.72. The van der Waals surface area contributed by atoms with Crippen molar-refractivity contribution in [2.75, 3.05) is 17.0 Å². The lowest BCUT2D eigenvalue weighted by Crippen LogP contribution is -2.39. The fourth-order valence-corrected chi connectivity index (χ4v) is 5.10. The van der Waals surface area contributed by atoms with E-state index in [0.29, 0.717) is 0 Å². The van der Waals surface area contributed by atoms with Crippen LogP contribution < -0.4 is 4.90 Å². The smallest absolute Gasteiger partial charge is 0.173 e. The number of halogens is 1. The fraction of sp³-hybridized carbons (Fsp3) is 0.211. The van der Waals surface area contributed by atoms with Gasteiger partial charge in [-0.3, -0.25) is 0 Å². The molecule has 0 N–H and O–H groups in total. The number of anilines is 1. The van der Waals surface area contributed by atoms with Crippen LogP contribution in [0.25, 0.3) is 6.08 Å². The maximum absolute atomic E-state index is 9.82. The molecular weight excluding hydrogens is 356 g/mol. The van der Waals surface area contributed by atoms with Gasteiger partial charge >= 0.3 is 0 Å². The highest BCUT2D eigenvalue weighted by molar-refractivity contribution is 8.18. The van der Waals surface area contributed by atoms with E-state index in [2.05, 4.69) is 35.3 Å². The maximum atomic E-state index is 9.82. The second-order valence-electron chi connectivity index (χ2n) is 5.42. The molecule has 0 saturated carbocycles. The Labute approximate surface area is 156 Å². The van der Waals surface area contributed by atoms with Gasteiger partial charge in [-0.05, 0) is 36.1 Å². The summed E-state index contributed by atoms with van der Waals surface area (Å²) in [5.74, 6) is 0.778. The zero-order valence-electron chi connectivity index (χ0n) is 13.2. The molecule has 2 aromatic carbocycles. The third kappa shape index (κ3) is 3.44. The molecule has 1 aliphatic heterocycles. The quantitative estimate of drug-likeness (QED) is 0.706. The number of thioether (sulfide) groups is 2. The van der Waals surface area contributed by atoms with E-state index < -0.39 is 4.08 Å². The molecule has 0 bridgehead atoms. The van der Waals surface area contributed by atoms with Crippen molar-refractivity contribution >= 4 is 46.9 Å². The standard InChI is InChI=1S/C19H17ClN2S2/c1-23-19(13-21)18(12-7-15-5-3-2-4-6-15)22(14-24-19)17-10-8-16(20)9-11-17/h2-12,18H,14H2,1H3/b12-7+/t18-,19-/m0/s1. The van der Waals surface area contributed by atoms with Gasteiger partial charge in [-0.15, -0.1) is 23.5 Å². The summed E-state index contributed by atoms with van der Waals surface area (Å²) in [5, 5.41) is 10.5. The summed E-state index contributed by atoms with van der Waals surface area (Å²) in [5.41, 5.74) is 2.22. The largest absolute Gasteiger partial charge is 0.352 e. The zero-order chi connectivity index (χ0) is 17.0. The monoisotopic (exact) mass is 372 g/mol. The van der Waals surface area contributed by atoms with Gasteiger partial charge in [0.25, 0.3) is 0 Å². The molecule has 1 saturated heterocycles. The summed E-state index contributed by atoms with van der Waals surface area (Å²) in [6, 6.07) is 20.5. The molecule has 2 aromatic rings. The van der Waals surface area contributed by atoms with Crippen LogP contribution in [0.5, 0.6) is 0 Å². The van der Waals surface area contributed by atoms with Crippen LogP contribution in [0.2, 0.25) is 5.02 Å². The van der Waals surface area contributed by atoms with Crippen LogP contribution in [0.1, 0.15) is 5.56 Å². The lowest BCUT2D eigenvalue weighted by molar-refractivity contribution is 0.777. The highest BCUT2D eigenvalue weighted by Crippen LogP contribution is 2.48. The minimum atomic E-state index is -0.509. The van der Waals surface area contributed by atoms with E-state index >= 15 is 0 Å². The summed E-state index contributed by atoms with van der Waals surface area (Å²) in [7, 11) is 0. The van der Waals surface area contributed by atoms with E-state index in [9.17, 15) is 5.26 Å². The van der Waals surface area contributed by atoms with Gasteiger partial charge in [0.05, 0.1) is 18.0 Å². The molecule has 5 heteroatoms. The minimum Gasteiger partial charge on any atom is -0.352 e. The van der Waals surface area contributed by atoms with E-state index in [4.69, 9.17) is 11.6 Å². The Balaban J connectivity index is 1.95. The average molecular weight is 373 g/mol. The number of benzene rings is 2. The van der Waals surface area contributed by atoms with Crippen LogP contribution in [0.3, 0.4) is 0 Å². The van der Waals surface area contributed by atoms with Crippen molar-refractivity contribution in [3.63, 3.8) is 0 Å². The maximum Gasteiger partial charge on any atom is 0.173 e. The number of nitrogens with zero attached hydrogens (tertiary/aromatic N) is 2. The van der Waals surface area contributed by atoms with E-state index in [1.165, 1.54) is 0 Å². The van der Waals surface area contributed by atoms with Crippen LogP contribution in [0, 0.1) is 11.3 Å². The number of hydrogen-bond acceptors (Lipinski definition) is 4. The summed E-state index contributed by atoms with van der Waals surface area (Å²) >= 11 is 9.30. The van der Waals surface area contributed by atoms with Gasteiger partial charge < -0.3 is 4.90 Å². The van der Waals surface area contributed by atoms with Crippen molar-refractivity contribution in [1.29, 1.82) is 5.26 Å². The van der Waals surface area contributed by atoms with E-state index in [1.807, 2.05) is 48.7 Å². The molecule has 2 nitrogen and oxygen atoms in total. The molecular formula is C19H17ClN2S2. The average Bonchev–Trinajstić information content (AvgIpc) is 3.00. The summed E-state index contributed by atoms with van der Waals surface area (Å²) in [6.45, 7) is 0. The summed E-state index contributed by atoms with van der Waals surface area (Å²) in [4.78, 5) is 2.26. The van der Waals surface area contributed by atoms with Crippen molar-refractivity contribution in [3.05, 3.63) is 71.3 Å². The predicted molar refractivity (Wildman–Crippen MR) is 108 cm³/mol. The Kier molecular flexibility index (Phi) is 5.45. The molecule has 1 fully saturated rings. The predicted octanol–water partition coefficient (Wildman–Crippen LogP) is 5.52. The van der Waals surface area contributed by atoms with Gasteiger partial charge in [0.2, 0.25) is 0 Å². The Morgan fingerprint density at radius 1 is 1.25 bits per heavy atom. The Hall–Kier alpha value is -1.54. The molecule has 24 heavy (non-hydrogen) atoms. The first kappa shape index (κ1) is 17.3. The van der Waals surface area contributed by atoms with Gasteiger partial charge in [-0.25, -0.2) is 0 Å². The Morgan fingerprint density at radius 2 is 1.96 bits per heavy atom. The van der Waals surface area contributed by atoms with Crippen LogP contribution in [-0.2, 0) is 0 Å². The van der Waals surface area contributed by atoms with Crippen molar-refractivity contribution < 1.29 is 0 Å². The van der Waals surface area contributed by atoms with E-state index in [1.54, 1.807) is 23.5 Å². The van der Waals surface area contributed by atoms with Gasteiger partial charge in [0, 0.05) is 10.7 Å². The van der Waals surface area contributed by atoms with Crippen molar-refractivity contribution in [1.82, 2.24) is 0 Å². The molecule has 3 rings (SSSR count). The molecule has 0 aromatic heterocycles. The van der Waals surface area contributed by atoms with Crippen molar-refractivity contribution in [2.24, 2.45) is 0 Å². The van der Waals surface area contributed by atoms with Gasteiger partial charge in [0.1, 0.15) is 0 Å². The Bertz CT molecular complexity index is 755. The Morgan fingerprint density at radius 3 is 2.58 bits per heavy atom. The topological polar surface area (TPSA) is 27.0 Å². The van der Waals surface area contributed by atoms with Crippen LogP contribution >= 0.6 is 35.1 Å². The molecule has 1 heterocycles. The summed E-state index contributed by atoms with van der Waals surface area (Å²) < 4.78 is -0.509. The van der Waals surface area contributed by atoms with E-state index in [0.717, 1.165) is 22.2 Å². The van der Waals surface area contributed by atoms with Gasteiger partial charge in [-0.1, -0.05) is 54.1 Å². The molecule has 2 atom stereocenters. The molecule has 0 radical (unpaired) electrons. The molecule has 1 aliphatic rings. The molecule has 0 aliphatic carbocycles. The lowest BCUT2D eigenvalue weighted by atomic mass is 10.1. The molecule has 0 unspecified atom stereocenters. The first-order valence-corrected chi connectivity index (χ1v) is 10.1. The first-order valence-electron chi connectivity index (χ1n) is 7.54. The van der Waals surface area contributed by atoms with Crippen molar-refractivity contribution in [2.45, 2.75) is 10.1 Å². The SMILES string of the molecule is CS[C@@]1(C#N)SCN(c2ccc(Cl)cc2)[C@H]1/C=C/c1ccccc1. The van der Waals surface area contributed by atoms with Crippen molar-refractivity contribution in [3.8, 4) is 6.07 Å². The van der Waals surface area contributed by atoms with Crippen LogP contribution in [-0.4, -0.2) is 22.3 Å². The summed E-state index contributed by atoms with van der Waals surface area (Å²) in [6.07, 6.45) is 6.25.